The lowest BCUT2D eigenvalue weighted by atomic mass is 9.81. The molecule has 0 N–H and O–H groups in total. The summed E-state index contributed by atoms with van der Waals surface area (Å²) in [4.78, 5) is 19.4. The van der Waals surface area contributed by atoms with Gasteiger partial charge in [-0.1, -0.05) is 141 Å². The van der Waals surface area contributed by atoms with Crippen LogP contribution in [0.25, 0.3) is 88.7 Å². The minimum Gasteiger partial charge on any atom is -0.265 e. The van der Waals surface area contributed by atoms with E-state index < -0.39 is 0 Å². The van der Waals surface area contributed by atoms with E-state index in [0.29, 0.717) is 17.5 Å². The van der Waals surface area contributed by atoms with E-state index in [1.165, 1.54) is 54.6 Å². The standard InChI is InChI=1S/C47H32N4/c1-47(2)40-15-9-8-14-38(40)43-41(47)23-22-36-34-12-6-7-13-35(34)39-28-33(20-21-37(39)42(36)43)46-50-44(31-10-4-3-5-11-31)49-45(51-46)32-18-16-29(17-19-32)30-24-26-48-27-25-30/h3-28H,1-2H3. The Bertz CT molecular complexity index is 2810. The maximum absolute atomic E-state index is 5.13. The molecule has 0 saturated carbocycles. The lowest BCUT2D eigenvalue weighted by Gasteiger charge is -2.22. The SMILES string of the molecule is CC1(C)c2ccccc2-c2c1ccc1c3ccccc3c3cc(-c4nc(-c5ccccc5)nc(-c5ccc(-c6ccncc6)cc5)n4)ccc3c21. The highest BCUT2D eigenvalue weighted by Gasteiger charge is 2.36. The Hall–Kier alpha value is -6.52. The summed E-state index contributed by atoms with van der Waals surface area (Å²) < 4.78 is 0. The molecule has 0 radical (unpaired) electrons. The van der Waals surface area contributed by atoms with Gasteiger partial charge in [-0.3, -0.25) is 4.98 Å². The molecule has 4 nitrogen and oxygen atoms in total. The average Bonchev–Trinajstić information content (AvgIpc) is 3.44. The van der Waals surface area contributed by atoms with E-state index in [-0.39, 0.29) is 5.41 Å². The van der Waals surface area contributed by atoms with Crippen LogP contribution in [0.15, 0.2) is 158 Å². The molecule has 10 rings (SSSR count). The molecule has 0 amide bonds. The zero-order chi connectivity index (χ0) is 34.1. The Morgan fingerprint density at radius 1 is 0.392 bits per heavy atom. The van der Waals surface area contributed by atoms with Crippen molar-refractivity contribution >= 4 is 32.3 Å². The van der Waals surface area contributed by atoms with Gasteiger partial charge in [0.1, 0.15) is 0 Å². The highest BCUT2D eigenvalue weighted by Crippen LogP contribution is 2.53. The Balaban J connectivity index is 1.20. The maximum Gasteiger partial charge on any atom is 0.164 e. The van der Waals surface area contributed by atoms with Crippen molar-refractivity contribution in [2.75, 3.05) is 0 Å². The molecule has 0 bridgehead atoms. The fourth-order valence-electron chi connectivity index (χ4n) is 8.08. The van der Waals surface area contributed by atoms with Gasteiger partial charge in [0.15, 0.2) is 17.5 Å². The summed E-state index contributed by atoms with van der Waals surface area (Å²) >= 11 is 0. The minimum atomic E-state index is -0.0797. The molecule has 0 unspecified atom stereocenters. The third-order valence-corrected chi connectivity index (χ3v) is 10.6. The Kier molecular flexibility index (Phi) is 6.49. The molecule has 0 spiro atoms. The van der Waals surface area contributed by atoms with Crippen LogP contribution in [-0.2, 0) is 5.41 Å². The molecule has 1 aliphatic rings. The van der Waals surface area contributed by atoms with Crippen molar-refractivity contribution in [3.05, 3.63) is 169 Å². The number of pyridine rings is 1. The third kappa shape index (κ3) is 4.60. The van der Waals surface area contributed by atoms with Crippen LogP contribution in [0, 0.1) is 0 Å². The van der Waals surface area contributed by atoms with Crippen molar-refractivity contribution in [3.8, 4) is 56.4 Å². The van der Waals surface area contributed by atoms with Gasteiger partial charge in [-0.25, -0.2) is 15.0 Å². The van der Waals surface area contributed by atoms with Crippen LogP contribution in [0.3, 0.4) is 0 Å². The van der Waals surface area contributed by atoms with Crippen LogP contribution in [0.4, 0.5) is 0 Å². The van der Waals surface area contributed by atoms with Crippen LogP contribution in [0.2, 0.25) is 0 Å². The second-order valence-corrected chi connectivity index (χ2v) is 13.9. The van der Waals surface area contributed by atoms with E-state index in [0.717, 1.165) is 27.8 Å². The Morgan fingerprint density at radius 2 is 0.922 bits per heavy atom. The fourth-order valence-corrected chi connectivity index (χ4v) is 8.08. The van der Waals surface area contributed by atoms with Gasteiger partial charge >= 0.3 is 0 Å². The highest BCUT2D eigenvalue weighted by atomic mass is 15.0. The van der Waals surface area contributed by atoms with E-state index in [4.69, 9.17) is 15.0 Å². The molecule has 0 atom stereocenters. The van der Waals surface area contributed by atoms with Gasteiger partial charge in [-0.2, -0.15) is 0 Å². The smallest absolute Gasteiger partial charge is 0.164 e. The summed E-state index contributed by atoms with van der Waals surface area (Å²) in [5.41, 5.74) is 10.4. The maximum atomic E-state index is 5.13. The van der Waals surface area contributed by atoms with Crippen molar-refractivity contribution < 1.29 is 0 Å². The van der Waals surface area contributed by atoms with Crippen molar-refractivity contribution in [1.82, 2.24) is 19.9 Å². The zero-order valence-corrected chi connectivity index (χ0v) is 28.3. The van der Waals surface area contributed by atoms with Crippen molar-refractivity contribution in [2.45, 2.75) is 19.3 Å². The summed E-state index contributed by atoms with van der Waals surface area (Å²) in [7, 11) is 0. The van der Waals surface area contributed by atoms with Gasteiger partial charge in [-0.15, -0.1) is 0 Å². The van der Waals surface area contributed by atoms with Gasteiger partial charge in [-0.05, 0) is 83.9 Å². The van der Waals surface area contributed by atoms with Crippen molar-refractivity contribution in [2.24, 2.45) is 0 Å². The lowest BCUT2D eigenvalue weighted by Crippen LogP contribution is -2.14. The van der Waals surface area contributed by atoms with Crippen molar-refractivity contribution in [1.29, 1.82) is 0 Å². The van der Waals surface area contributed by atoms with E-state index in [9.17, 15) is 0 Å². The molecule has 9 aromatic rings. The van der Waals surface area contributed by atoms with Crippen LogP contribution in [-0.4, -0.2) is 19.9 Å². The van der Waals surface area contributed by atoms with E-state index in [1.807, 2.05) is 42.7 Å². The number of hydrogen-bond acceptors (Lipinski definition) is 4. The lowest BCUT2D eigenvalue weighted by molar-refractivity contribution is 0.661. The van der Waals surface area contributed by atoms with E-state index in [1.54, 1.807) is 0 Å². The van der Waals surface area contributed by atoms with Crippen LogP contribution in [0.1, 0.15) is 25.0 Å². The largest absolute Gasteiger partial charge is 0.265 e. The molecule has 0 fully saturated rings. The number of fused-ring (bicyclic) bond motifs is 10. The summed E-state index contributed by atoms with van der Waals surface area (Å²) in [6.45, 7) is 4.69. The normalized spacial score (nSPS) is 13.1. The number of nitrogens with zero attached hydrogens (tertiary/aromatic N) is 4. The first-order valence-corrected chi connectivity index (χ1v) is 17.4. The first kappa shape index (κ1) is 29.4. The summed E-state index contributed by atoms with van der Waals surface area (Å²) in [5.74, 6) is 1.93. The Morgan fingerprint density at radius 3 is 1.67 bits per heavy atom. The molecular weight excluding hydrogens is 621 g/mol. The van der Waals surface area contributed by atoms with Gasteiger partial charge in [0.2, 0.25) is 0 Å². The minimum absolute atomic E-state index is 0.0797. The van der Waals surface area contributed by atoms with E-state index in [2.05, 4.69) is 134 Å². The molecular formula is C47H32N4. The number of aromatic nitrogens is 4. The van der Waals surface area contributed by atoms with Crippen molar-refractivity contribution in [3.63, 3.8) is 0 Å². The topological polar surface area (TPSA) is 51.6 Å². The molecule has 0 aliphatic heterocycles. The zero-order valence-electron chi connectivity index (χ0n) is 28.3. The number of rotatable bonds is 4. The van der Waals surface area contributed by atoms with Crippen LogP contribution < -0.4 is 0 Å². The molecule has 7 aromatic carbocycles. The Labute approximate surface area is 296 Å². The number of hydrogen-bond donors (Lipinski definition) is 0. The molecule has 240 valence electrons. The first-order chi connectivity index (χ1) is 25.0. The van der Waals surface area contributed by atoms with Gasteiger partial charge in [0.25, 0.3) is 0 Å². The first-order valence-electron chi connectivity index (χ1n) is 17.4. The molecule has 1 aliphatic carbocycles. The summed E-state index contributed by atoms with van der Waals surface area (Å²) in [5, 5.41) is 7.48. The fraction of sp³-hybridized carbons (Fsp3) is 0.0638. The quantitative estimate of drug-likeness (QED) is 0.178. The second-order valence-electron chi connectivity index (χ2n) is 13.9. The predicted molar refractivity (Wildman–Crippen MR) is 209 cm³/mol. The molecule has 2 aromatic heterocycles. The second kappa shape index (κ2) is 11.3. The average molecular weight is 653 g/mol. The molecule has 0 saturated heterocycles. The van der Waals surface area contributed by atoms with Gasteiger partial charge in [0.05, 0.1) is 0 Å². The summed E-state index contributed by atoms with van der Waals surface area (Å²) in [6, 6.07) is 51.7. The highest BCUT2D eigenvalue weighted by molar-refractivity contribution is 6.29. The number of benzene rings is 7. The predicted octanol–water partition coefficient (Wildman–Crippen LogP) is 11.7. The van der Waals surface area contributed by atoms with E-state index >= 15 is 0 Å². The van der Waals surface area contributed by atoms with Gasteiger partial charge in [0, 0.05) is 34.5 Å². The monoisotopic (exact) mass is 652 g/mol. The third-order valence-electron chi connectivity index (χ3n) is 10.6. The molecule has 51 heavy (non-hydrogen) atoms. The molecule has 4 heteroatoms. The molecule has 2 heterocycles. The summed E-state index contributed by atoms with van der Waals surface area (Å²) in [6.07, 6.45) is 3.63. The van der Waals surface area contributed by atoms with Gasteiger partial charge < -0.3 is 0 Å². The van der Waals surface area contributed by atoms with Crippen LogP contribution >= 0.6 is 0 Å². The van der Waals surface area contributed by atoms with Crippen LogP contribution in [0.5, 0.6) is 0 Å².